The lowest BCUT2D eigenvalue weighted by Gasteiger charge is -2.24. The molecule has 0 aliphatic rings. The minimum Gasteiger partial charge on any atom is -0.483 e. The van der Waals surface area contributed by atoms with Crippen LogP contribution in [0.25, 0.3) is 0 Å². The molecule has 0 saturated carbocycles. The van der Waals surface area contributed by atoms with Gasteiger partial charge in [-0.1, -0.05) is 18.2 Å². The van der Waals surface area contributed by atoms with Crippen molar-refractivity contribution in [2.45, 2.75) is 20.3 Å². The van der Waals surface area contributed by atoms with E-state index >= 15 is 0 Å². The first kappa shape index (κ1) is 20.0. The maximum absolute atomic E-state index is 12.5. The SMILES string of the molecule is COC(=O)CCN(CCN(C)C)C(=O)COc1c(C)cccc1C. The molecule has 1 aromatic rings. The Morgan fingerprint density at radius 2 is 1.67 bits per heavy atom. The molecule has 0 unspecified atom stereocenters. The summed E-state index contributed by atoms with van der Waals surface area (Å²) in [6.07, 6.45) is 0.180. The molecule has 0 aliphatic heterocycles. The summed E-state index contributed by atoms with van der Waals surface area (Å²) in [6.45, 7) is 5.45. The number of hydrogen-bond acceptors (Lipinski definition) is 5. The standard InChI is InChI=1S/C18H28N2O4/c1-14-7-6-8-15(2)18(14)24-13-16(21)20(12-11-19(3)4)10-9-17(22)23-5/h6-8H,9-13H2,1-5H3. The molecule has 6 heteroatoms. The fourth-order valence-corrected chi connectivity index (χ4v) is 2.26. The van der Waals surface area contributed by atoms with E-state index in [9.17, 15) is 9.59 Å². The fourth-order valence-electron chi connectivity index (χ4n) is 2.26. The number of carbonyl (C=O) groups is 2. The number of hydrogen-bond donors (Lipinski definition) is 0. The number of ether oxygens (including phenoxy) is 2. The van der Waals surface area contributed by atoms with Gasteiger partial charge in [-0.15, -0.1) is 0 Å². The van der Waals surface area contributed by atoms with Gasteiger partial charge in [0.1, 0.15) is 5.75 Å². The van der Waals surface area contributed by atoms with Gasteiger partial charge in [-0.3, -0.25) is 9.59 Å². The van der Waals surface area contributed by atoms with E-state index < -0.39 is 0 Å². The van der Waals surface area contributed by atoms with Crippen LogP contribution in [0.4, 0.5) is 0 Å². The molecule has 134 valence electrons. The molecule has 24 heavy (non-hydrogen) atoms. The topological polar surface area (TPSA) is 59.1 Å². The molecular weight excluding hydrogens is 308 g/mol. The lowest BCUT2D eigenvalue weighted by Crippen LogP contribution is -2.40. The second-order valence-corrected chi connectivity index (χ2v) is 6.02. The van der Waals surface area contributed by atoms with Crippen molar-refractivity contribution in [2.24, 2.45) is 0 Å². The summed E-state index contributed by atoms with van der Waals surface area (Å²) in [6, 6.07) is 5.86. The predicted octanol–water partition coefficient (Wildman–Crippen LogP) is 1.64. The molecule has 0 heterocycles. The number of esters is 1. The van der Waals surface area contributed by atoms with E-state index in [1.165, 1.54) is 7.11 Å². The monoisotopic (exact) mass is 336 g/mol. The highest BCUT2D eigenvalue weighted by atomic mass is 16.5. The number of likely N-dealkylation sites (N-methyl/N-ethyl adjacent to an activating group) is 1. The summed E-state index contributed by atoms with van der Waals surface area (Å²) < 4.78 is 10.4. The highest BCUT2D eigenvalue weighted by Crippen LogP contribution is 2.22. The number of methoxy groups -OCH3 is 1. The average molecular weight is 336 g/mol. The Morgan fingerprint density at radius 3 is 2.21 bits per heavy atom. The van der Waals surface area contributed by atoms with E-state index in [4.69, 9.17) is 4.74 Å². The van der Waals surface area contributed by atoms with Crippen LogP contribution in [-0.4, -0.2) is 69.1 Å². The van der Waals surface area contributed by atoms with Crippen LogP contribution in [0.15, 0.2) is 18.2 Å². The smallest absolute Gasteiger partial charge is 0.307 e. The zero-order chi connectivity index (χ0) is 18.1. The minimum absolute atomic E-state index is 0.0414. The highest BCUT2D eigenvalue weighted by Gasteiger charge is 2.17. The van der Waals surface area contributed by atoms with E-state index in [0.717, 1.165) is 23.4 Å². The van der Waals surface area contributed by atoms with Crippen molar-refractivity contribution >= 4 is 11.9 Å². The van der Waals surface area contributed by atoms with Crippen molar-refractivity contribution in [1.29, 1.82) is 0 Å². The Kier molecular flexibility index (Phi) is 8.26. The molecule has 0 atom stereocenters. The molecule has 0 spiro atoms. The number of para-hydroxylation sites is 1. The molecular formula is C18H28N2O4. The van der Waals surface area contributed by atoms with E-state index in [1.54, 1.807) is 4.90 Å². The molecule has 0 aliphatic carbocycles. The molecule has 0 fully saturated rings. The second kappa shape index (κ2) is 9.93. The molecule has 0 saturated heterocycles. The number of benzene rings is 1. The fraction of sp³-hybridized carbons (Fsp3) is 0.556. The van der Waals surface area contributed by atoms with Gasteiger partial charge < -0.3 is 19.3 Å². The van der Waals surface area contributed by atoms with Crippen LogP contribution in [0.5, 0.6) is 5.75 Å². The number of rotatable bonds is 9. The molecule has 1 amide bonds. The van der Waals surface area contributed by atoms with Gasteiger partial charge in [-0.05, 0) is 39.1 Å². The van der Waals surface area contributed by atoms with Crippen LogP contribution in [-0.2, 0) is 14.3 Å². The van der Waals surface area contributed by atoms with Crippen molar-refractivity contribution < 1.29 is 19.1 Å². The van der Waals surface area contributed by atoms with Gasteiger partial charge in [0.25, 0.3) is 5.91 Å². The molecule has 1 rings (SSSR count). The molecule has 0 radical (unpaired) electrons. The minimum atomic E-state index is -0.326. The third kappa shape index (κ3) is 6.58. The number of amides is 1. The maximum atomic E-state index is 12.5. The van der Waals surface area contributed by atoms with Gasteiger partial charge in [0.05, 0.1) is 13.5 Å². The Labute approximate surface area is 144 Å². The van der Waals surface area contributed by atoms with E-state index in [-0.39, 0.29) is 24.9 Å². The highest BCUT2D eigenvalue weighted by molar-refractivity contribution is 5.78. The largest absolute Gasteiger partial charge is 0.483 e. The van der Waals surface area contributed by atoms with Gasteiger partial charge in [0, 0.05) is 19.6 Å². The van der Waals surface area contributed by atoms with Crippen LogP contribution in [0, 0.1) is 13.8 Å². The third-order valence-corrected chi connectivity index (χ3v) is 3.73. The van der Waals surface area contributed by atoms with Gasteiger partial charge in [0.2, 0.25) is 0 Å². The molecule has 0 aromatic heterocycles. The molecule has 0 N–H and O–H groups in total. The van der Waals surface area contributed by atoms with Crippen molar-refractivity contribution in [2.75, 3.05) is 47.4 Å². The number of aryl methyl sites for hydroxylation is 2. The Balaban J connectivity index is 2.66. The predicted molar refractivity (Wildman–Crippen MR) is 93.2 cm³/mol. The lowest BCUT2D eigenvalue weighted by atomic mass is 10.1. The molecule has 1 aromatic carbocycles. The van der Waals surface area contributed by atoms with Crippen LogP contribution in [0.1, 0.15) is 17.5 Å². The summed E-state index contributed by atoms with van der Waals surface area (Å²) >= 11 is 0. The first-order chi connectivity index (χ1) is 11.3. The summed E-state index contributed by atoms with van der Waals surface area (Å²) in [7, 11) is 5.23. The number of carbonyl (C=O) groups excluding carboxylic acids is 2. The van der Waals surface area contributed by atoms with E-state index in [1.807, 2.05) is 51.0 Å². The zero-order valence-corrected chi connectivity index (χ0v) is 15.3. The van der Waals surface area contributed by atoms with Crippen molar-refractivity contribution in [3.8, 4) is 5.75 Å². The zero-order valence-electron chi connectivity index (χ0n) is 15.3. The summed E-state index contributed by atoms with van der Waals surface area (Å²) in [5.41, 5.74) is 1.99. The lowest BCUT2D eigenvalue weighted by molar-refractivity contribution is -0.142. The van der Waals surface area contributed by atoms with Gasteiger partial charge in [-0.2, -0.15) is 0 Å². The quantitative estimate of drug-likeness (QED) is 0.642. The Bertz CT molecular complexity index is 538. The van der Waals surface area contributed by atoms with Crippen molar-refractivity contribution in [1.82, 2.24) is 9.80 Å². The van der Waals surface area contributed by atoms with Crippen molar-refractivity contribution in [3.63, 3.8) is 0 Å². The summed E-state index contributed by atoms with van der Waals surface area (Å²) in [5.74, 6) is 0.281. The Hall–Kier alpha value is -2.08. The summed E-state index contributed by atoms with van der Waals surface area (Å²) in [5, 5.41) is 0. The van der Waals surface area contributed by atoms with Crippen molar-refractivity contribution in [3.05, 3.63) is 29.3 Å². The van der Waals surface area contributed by atoms with Crippen LogP contribution < -0.4 is 4.74 Å². The van der Waals surface area contributed by atoms with Gasteiger partial charge >= 0.3 is 5.97 Å². The maximum Gasteiger partial charge on any atom is 0.307 e. The second-order valence-electron chi connectivity index (χ2n) is 6.02. The van der Waals surface area contributed by atoms with Gasteiger partial charge in [0.15, 0.2) is 6.61 Å². The van der Waals surface area contributed by atoms with Crippen LogP contribution in [0.3, 0.4) is 0 Å². The van der Waals surface area contributed by atoms with Crippen LogP contribution >= 0.6 is 0 Å². The summed E-state index contributed by atoms with van der Waals surface area (Å²) in [4.78, 5) is 27.5. The molecule has 0 bridgehead atoms. The number of nitrogens with zero attached hydrogens (tertiary/aromatic N) is 2. The first-order valence-corrected chi connectivity index (χ1v) is 8.03. The van der Waals surface area contributed by atoms with E-state index in [2.05, 4.69) is 4.74 Å². The van der Waals surface area contributed by atoms with Crippen LogP contribution in [0.2, 0.25) is 0 Å². The molecule has 6 nitrogen and oxygen atoms in total. The first-order valence-electron chi connectivity index (χ1n) is 8.03. The Morgan fingerprint density at radius 1 is 1.04 bits per heavy atom. The normalized spacial score (nSPS) is 10.6. The average Bonchev–Trinajstić information content (AvgIpc) is 2.53. The third-order valence-electron chi connectivity index (χ3n) is 3.73. The van der Waals surface area contributed by atoms with E-state index in [0.29, 0.717) is 13.1 Å². The van der Waals surface area contributed by atoms with Gasteiger partial charge in [-0.25, -0.2) is 0 Å².